The molecule has 1 heterocycles. The molecule has 1 unspecified atom stereocenters. The quantitative estimate of drug-likeness (QED) is 0.758. The number of nitrogens with zero attached hydrogens (tertiary/aromatic N) is 1. The normalized spacial score (nSPS) is 13.0. The van der Waals surface area contributed by atoms with E-state index in [-0.39, 0.29) is 11.6 Å². The lowest BCUT2D eigenvalue weighted by Crippen LogP contribution is -2.35. The first-order chi connectivity index (χ1) is 7.50. The van der Waals surface area contributed by atoms with Crippen LogP contribution in [0.3, 0.4) is 0 Å². The molecule has 0 fully saturated rings. The van der Waals surface area contributed by atoms with Crippen molar-refractivity contribution in [2.24, 2.45) is 0 Å². The molecule has 5 nitrogen and oxygen atoms in total. The van der Waals surface area contributed by atoms with Crippen molar-refractivity contribution >= 4 is 5.97 Å². The minimum Gasteiger partial charge on any atom is -0.478 e. The van der Waals surface area contributed by atoms with Crippen molar-refractivity contribution in [3.05, 3.63) is 23.7 Å². The van der Waals surface area contributed by atoms with E-state index in [9.17, 15) is 4.79 Å². The van der Waals surface area contributed by atoms with Gasteiger partial charge in [-0.05, 0) is 27.1 Å². The molecule has 0 radical (unpaired) electrons. The summed E-state index contributed by atoms with van der Waals surface area (Å²) in [5, 5.41) is 12.1. The first-order valence-electron chi connectivity index (χ1n) is 5.18. The Labute approximate surface area is 95.0 Å². The molecule has 0 bridgehead atoms. The molecule has 2 N–H and O–H groups in total. The predicted octanol–water partition coefficient (Wildman–Crippen LogP) is 1.02. The molecule has 90 valence electrons. The van der Waals surface area contributed by atoms with Gasteiger partial charge < -0.3 is 19.7 Å². The predicted molar refractivity (Wildman–Crippen MR) is 60.5 cm³/mol. The largest absolute Gasteiger partial charge is 0.478 e. The van der Waals surface area contributed by atoms with E-state index in [1.807, 2.05) is 21.0 Å². The molecule has 1 rings (SSSR count). The standard InChI is InChI=1S/C11H18N2O3/c1-8(7-13(2)3)12-6-10-9(11(14)15)4-5-16-10/h4-5,8,12H,6-7H2,1-3H3,(H,14,15). The van der Waals surface area contributed by atoms with Crippen LogP contribution in [0.25, 0.3) is 0 Å². The SMILES string of the molecule is CC(CN(C)C)NCc1occc1C(=O)O. The zero-order chi connectivity index (χ0) is 12.1. The lowest BCUT2D eigenvalue weighted by atomic mass is 10.2. The van der Waals surface area contributed by atoms with Gasteiger partial charge in [0.15, 0.2) is 0 Å². The fourth-order valence-electron chi connectivity index (χ4n) is 1.55. The fraction of sp³-hybridized carbons (Fsp3) is 0.545. The van der Waals surface area contributed by atoms with Gasteiger partial charge in [0.2, 0.25) is 0 Å². The summed E-state index contributed by atoms with van der Waals surface area (Å²) in [5.41, 5.74) is 0.226. The smallest absolute Gasteiger partial charge is 0.339 e. The lowest BCUT2D eigenvalue weighted by molar-refractivity contribution is 0.0694. The minimum absolute atomic E-state index is 0.226. The molecule has 1 aromatic heterocycles. The fourth-order valence-corrected chi connectivity index (χ4v) is 1.55. The second-order valence-corrected chi connectivity index (χ2v) is 4.11. The van der Waals surface area contributed by atoms with Gasteiger partial charge in [-0.15, -0.1) is 0 Å². The van der Waals surface area contributed by atoms with Crippen LogP contribution in [0.15, 0.2) is 16.7 Å². The van der Waals surface area contributed by atoms with Crippen molar-refractivity contribution in [2.75, 3.05) is 20.6 Å². The summed E-state index contributed by atoms with van der Waals surface area (Å²) in [6, 6.07) is 1.75. The highest BCUT2D eigenvalue weighted by molar-refractivity contribution is 5.88. The highest BCUT2D eigenvalue weighted by Crippen LogP contribution is 2.10. The number of hydrogen-bond acceptors (Lipinski definition) is 4. The highest BCUT2D eigenvalue weighted by Gasteiger charge is 2.13. The summed E-state index contributed by atoms with van der Waals surface area (Å²) in [6.07, 6.45) is 1.40. The Kier molecular flexibility index (Phi) is 4.52. The van der Waals surface area contributed by atoms with Gasteiger partial charge in [0.25, 0.3) is 0 Å². The molecule has 5 heteroatoms. The first-order valence-corrected chi connectivity index (χ1v) is 5.18. The summed E-state index contributed by atoms with van der Waals surface area (Å²) < 4.78 is 5.12. The number of furan rings is 1. The van der Waals surface area contributed by atoms with Crippen molar-refractivity contribution < 1.29 is 14.3 Å². The molecule has 0 aliphatic rings. The lowest BCUT2D eigenvalue weighted by Gasteiger charge is -2.17. The molecule has 0 aliphatic carbocycles. The van der Waals surface area contributed by atoms with E-state index in [4.69, 9.17) is 9.52 Å². The van der Waals surface area contributed by atoms with Gasteiger partial charge in [0, 0.05) is 12.6 Å². The Balaban J connectivity index is 2.48. The zero-order valence-corrected chi connectivity index (χ0v) is 9.86. The van der Waals surface area contributed by atoms with Crippen molar-refractivity contribution in [1.82, 2.24) is 10.2 Å². The summed E-state index contributed by atoms with van der Waals surface area (Å²) in [4.78, 5) is 12.9. The van der Waals surface area contributed by atoms with Crippen LogP contribution < -0.4 is 5.32 Å². The number of hydrogen-bond donors (Lipinski definition) is 2. The Hall–Kier alpha value is -1.33. The molecular weight excluding hydrogens is 208 g/mol. The highest BCUT2D eigenvalue weighted by atomic mass is 16.4. The van der Waals surface area contributed by atoms with Crippen LogP contribution in [-0.2, 0) is 6.54 Å². The number of rotatable bonds is 6. The van der Waals surface area contributed by atoms with Crippen molar-refractivity contribution in [3.63, 3.8) is 0 Å². The molecule has 0 aromatic carbocycles. The number of likely N-dealkylation sites (N-methyl/N-ethyl adjacent to an activating group) is 1. The summed E-state index contributed by atoms with van der Waals surface area (Å²) >= 11 is 0. The maximum atomic E-state index is 10.8. The van der Waals surface area contributed by atoms with Gasteiger partial charge in [-0.1, -0.05) is 0 Å². The van der Waals surface area contributed by atoms with Gasteiger partial charge in [-0.25, -0.2) is 4.79 Å². The van der Waals surface area contributed by atoms with E-state index in [0.29, 0.717) is 12.3 Å². The maximum absolute atomic E-state index is 10.8. The average Bonchev–Trinajstić information content (AvgIpc) is 2.61. The molecule has 1 atom stereocenters. The van der Waals surface area contributed by atoms with Gasteiger partial charge in [-0.3, -0.25) is 0 Å². The number of carboxylic acid groups (broad SMARTS) is 1. The maximum Gasteiger partial charge on any atom is 0.339 e. The third kappa shape index (κ3) is 3.67. The minimum atomic E-state index is -0.953. The number of carboxylic acids is 1. The van der Waals surface area contributed by atoms with Crippen LogP contribution in [-0.4, -0.2) is 42.7 Å². The van der Waals surface area contributed by atoms with E-state index < -0.39 is 5.97 Å². The second kappa shape index (κ2) is 5.67. The van der Waals surface area contributed by atoms with E-state index in [1.54, 1.807) is 0 Å². The van der Waals surface area contributed by atoms with E-state index in [2.05, 4.69) is 10.2 Å². The molecule has 0 aliphatic heterocycles. The van der Waals surface area contributed by atoms with Gasteiger partial charge in [0.1, 0.15) is 11.3 Å². The van der Waals surface area contributed by atoms with Crippen LogP contribution in [0, 0.1) is 0 Å². The van der Waals surface area contributed by atoms with Gasteiger partial charge in [-0.2, -0.15) is 0 Å². The Morgan fingerprint density at radius 3 is 2.88 bits per heavy atom. The zero-order valence-electron chi connectivity index (χ0n) is 9.86. The van der Waals surface area contributed by atoms with Crippen LogP contribution in [0.5, 0.6) is 0 Å². The molecule has 0 saturated carbocycles. The summed E-state index contributed by atoms with van der Waals surface area (Å²) in [6.45, 7) is 3.37. The van der Waals surface area contributed by atoms with Crippen LogP contribution in [0.2, 0.25) is 0 Å². The average molecular weight is 226 g/mol. The molecular formula is C11H18N2O3. The summed E-state index contributed by atoms with van der Waals surface area (Å²) in [7, 11) is 3.99. The van der Waals surface area contributed by atoms with Crippen molar-refractivity contribution in [3.8, 4) is 0 Å². The summed E-state index contributed by atoms with van der Waals surface area (Å²) in [5.74, 6) is -0.482. The Morgan fingerprint density at radius 1 is 1.62 bits per heavy atom. The van der Waals surface area contributed by atoms with Crippen molar-refractivity contribution in [2.45, 2.75) is 19.5 Å². The molecule has 0 spiro atoms. The third-order valence-electron chi connectivity index (χ3n) is 2.23. The first kappa shape index (κ1) is 12.7. The Bertz CT molecular complexity index is 347. The van der Waals surface area contributed by atoms with E-state index >= 15 is 0 Å². The van der Waals surface area contributed by atoms with E-state index in [0.717, 1.165) is 6.54 Å². The number of carbonyl (C=O) groups is 1. The monoisotopic (exact) mass is 226 g/mol. The molecule has 1 aromatic rings. The van der Waals surface area contributed by atoms with Crippen molar-refractivity contribution in [1.29, 1.82) is 0 Å². The Morgan fingerprint density at radius 2 is 2.31 bits per heavy atom. The number of nitrogens with one attached hydrogen (secondary N) is 1. The number of aromatic carboxylic acids is 1. The third-order valence-corrected chi connectivity index (χ3v) is 2.23. The molecule has 0 saturated heterocycles. The van der Waals surface area contributed by atoms with E-state index in [1.165, 1.54) is 12.3 Å². The van der Waals surface area contributed by atoms with Crippen LogP contribution >= 0.6 is 0 Å². The van der Waals surface area contributed by atoms with Crippen LogP contribution in [0.4, 0.5) is 0 Å². The second-order valence-electron chi connectivity index (χ2n) is 4.11. The van der Waals surface area contributed by atoms with Gasteiger partial charge >= 0.3 is 5.97 Å². The van der Waals surface area contributed by atoms with Gasteiger partial charge in [0.05, 0.1) is 12.8 Å². The van der Waals surface area contributed by atoms with Crippen LogP contribution in [0.1, 0.15) is 23.0 Å². The topological polar surface area (TPSA) is 65.7 Å². The molecule has 0 amide bonds. The molecule has 16 heavy (non-hydrogen) atoms.